The quantitative estimate of drug-likeness (QED) is 0.269. The van der Waals surface area contributed by atoms with E-state index in [9.17, 15) is 4.79 Å². The summed E-state index contributed by atoms with van der Waals surface area (Å²) < 4.78 is 13.2. The average Bonchev–Trinajstić information content (AvgIpc) is 3.34. The molecule has 7 nitrogen and oxygen atoms in total. The van der Waals surface area contributed by atoms with Crippen molar-refractivity contribution in [2.75, 3.05) is 7.11 Å². The Morgan fingerprint density at radius 1 is 1.07 bits per heavy atom. The number of methoxy groups -OCH3 is 1. The molecule has 1 fully saturated rings. The van der Waals surface area contributed by atoms with E-state index in [1.54, 1.807) is 13.3 Å². The van der Waals surface area contributed by atoms with Crippen molar-refractivity contribution in [2.45, 2.75) is 63.5 Å². The predicted octanol–water partition coefficient (Wildman–Crippen LogP) is 7.58. The van der Waals surface area contributed by atoms with Crippen LogP contribution in [0.3, 0.4) is 0 Å². The Labute approximate surface area is 240 Å². The first-order valence-electron chi connectivity index (χ1n) is 14.2. The van der Waals surface area contributed by atoms with E-state index in [0.29, 0.717) is 5.75 Å². The van der Waals surface area contributed by atoms with Gasteiger partial charge in [-0.3, -0.25) is 4.98 Å². The second-order valence-corrected chi connectivity index (χ2v) is 11.9. The third-order valence-corrected chi connectivity index (χ3v) is 7.94. The number of nitrogens with zero attached hydrogens (tertiary/aromatic N) is 3. The molecule has 7 heteroatoms. The van der Waals surface area contributed by atoms with Crippen molar-refractivity contribution in [1.82, 2.24) is 19.7 Å². The van der Waals surface area contributed by atoms with Crippen LogP contribution in [0.4, 0.5) is 4.79 Å². The summed E-state index contributed by atoms with van der Waals surface area (Å²) in [6, 6.07) is 14.6. The topological polar surface area (TPSA) is 77.8 Å². The number of pyridine rings is 2. The molecule has 1 aromatic carbocycles. The maximum Gasteiger partial charge on any atom is 0.408 e. The summed E-state index contributed by atoms with van der Waals surface area (Å²) in [6.07, 6.45) is 17.7. The summed E-state index contributed by atoms with van der Waals surface area (Å²) in [5.74, 6) is 0.896. The molecule has 2 aliphatic carbocycles. The van der Waals surface area contributed by atoms with E-state index in [2.05, 4.69) is 81.6 Å². The van der Waals surface area contributed by atoms with Crippen LogP contribution in [0.15, 0.2) is 85.4 Å². The molecule has 6 rings (SSSR count). The molecule has 41 heavy (non-hydrogen) atoms. The molecule has 0 radical (unpaired) electrons. The van der Waals surface area contributed by atoms with Crippen LogP contribution in [0.1, 0.15) is 63.6 Å². The van der Waals surface area contributed by atoms with Crippen LogP contribution in [0.2, 0.25) is 0 Å². The number of imidazole rings is 1. The van der Waals surface area contributed by atoms with Crippen LogP contribution in [0.5, 0.6) is 5.75 Å². The summed E-state index contributed by atoms with van der Waals surface area (Å²) >= 11 is 0. The van der Waals surface area contributed by atoms with Gasteiger partial charge in [-0.25, -0.2) is 9.78 Å². The van der Waals surface area contributed by atoms with Crippen molar-refractivity contribution in [3.63, 3.8) is 0 Å². The first kappa shape index (κ1) is 26.8. The maximum absolute atomic E-state index is 12.7. The molecule has 0 bridgehead atoms. The van der Waals surface area contributed by atoms with Crippen molar-refractivity contribution in [3.05, 3.63) is 96.6 Å². The van der Waals surface area contributed by atoms with Gasteiger partial charge >= 0.3 is 6.09 Å². The van der Waals surface area contributed by atoms with E-state index in [1.165, 1.54) is 0 Å². The number of nitrogens with one attached hydrogen (secondary N) is 1. The van der Waals surface area contributed by atoms with Crippen LogP contribution in [0, 0.1) is 0 Å². The minimum Gasteiger partial charge on any atom is -0.495 e. The first-order valence-corrected chi connectivity index (χ1v) is 14.2. The highest BCUT2D eigenvalue weighted by molar-refractivity contribution is 5.81. The van der Waals surface area contributed by atoms with E-state index >= 15 is 0 Å². The zero-order valence-electron chi connectivity index (χ0n) is 24.1. The molecule has 0 saturated heterocycles. The lowest BCUT2D eigenvalue weighted by Crippen LogP contribution is -2.52. The van der Waals surface area contributed by atoms with Gasteiger partial charge in [0.25, 0.3) is 0 Å². The summed E-state index contributed by atoms with van der Waals surface area (Å²) in [5.41, 5.74) is 6.11. The number of fused-ring (bicyclic) bond motifs is 1. The van der Waals surface area contributed by atoms with E-state index in [-0.39, 0.29) is 12.0 Å². The molecular formula is C34H36N4O3. The van der Waals surface area contributed by atoms with E-state index in [0.717, 1.165) is 65.0 Å². The molecule has 0 aliphatic heterocycles. The van der Waals surface area contributed by atoms with Gasteiger partial charge in [-0.2, -0.15) is 0 Å². The zero-order valence-corrected chi connectivity index (χ0v) is 24.1. The normalized spacial score (nSPS) is 17.7. The van der Waals surface area contributed by atoms with Crippen molar-refractivity contribution < 1.29 is 14.3 Å². The molecule has 1 atom stereocenters. The second-order valence-electron chi connectivity index (χ2n) is 11.9. The van der Waals surface area contributed by atoms with E-state index in [1.807, 2.05) is 33.0 Å². The van der Waals surface area contributed by atoms with Crippen LogP contribution in [0.25, 0.3) is 28.0 Å². The third kappa shape index (κ3) is 5.24. The first-order chi connectivity index (χ1) is 19.8. The zero-order chi connectivity index (χ0) is 28.6. The molecule has 0 spiro atoms. The number of ether oxygens (including phenoxy) is 2. The summed E-state index contributed by atoms with van der Waals surface area (Å²) in [7, 11) is 1.65. The van der Waals surface area contributed by atoms with Crippen LogP contribution in [-0.4, -0.2) is 33.2 Å². The largest absolute Gasteiger partial charge is 0.495 e. The Balaban J connectivity index is 1.41. The number of hydrogen-bond donors (Lipinski definition) is 1. The van der Waals surface area contributed by atoms with Gasteiger partial charge in [-0.15, -0.1) is 0 Å². The molecule has 2 aliphatic rings. The standard InChI is InChI=1S/C34H36N4O3/c1-33(2,3)41-32(39)37-34(17-9-18-34)26-15-13-23(14-16-26)29-30(24-10-6-5-7-11-24)38-19-8-12-28(31(38)36-29)25-20-27(40-4)22-35-21-25/h5-8,10,12-16,19-22,24H,9,11,17-18H2,1-4H3,(H,37,39). The Morgan fingerprint density at radius 2 is 1.88 bits per heavy atom. The highest BCUT2D eigenvalue weighted by Crippen LogP contribution is 2.43. The van der Waals surface area contributed by atoms with Gasteiger partial charge in [-0.05, 0) is 70.2 Å². The number of carbonyl (C=O) groups is 1. The Kier molecular flexibility index (Phi) is 6.89. The number of aromatic nitrogens is 3. The van der Waals surface area contributed by atoms with Crippen LogP contribution in [-0.2, 0) is 10.3 Å². The van der Waals surface area contributed by atoms with E-state index < -0.39 is 11.1 Å². The van der Waals surface area contributed by atoms with Gasteiger partial charge in [0.1, 0.15) is 17.0 Å². The van der Waals surface area contributed by atoms with Gasteiger partial charge in [0.05, 0.1) is 30.2 Å². The smallest absolute Gasteiger partial charge is 0.408 e. The molecule has 3 aromatic heterocycles. The van der Waals surface area contributed by atoms with Crippen LogP contribution >= 0.6 is 0 Å². The lowest BCUT2D eigenvalue weighted by Gasteiger charge is -2.43. The number of benzene rings is 1. The molecule has 1 unspecified atom stereocenters. The minimum atomic E-state index is -0.541. The fraction of sp³-hybridized carbons (Fsp3) is 0.324. The summed E-state index contributed by atoms with van der Waals surface area (Å²) in [6.45, 7) is 5.65. The van der Waals surface area contributed by atoms with Crippen LogP contribution < -0.4 is 10.1 Å². The number of carbonyl (C=O) groups excluding carboxylic acids is 1. The molecular weight excluding hydrogens is 512 g/mol. The fourth-order valence-corrected chi connectivity index (χ4v) is 5.80. The highest BCUT2D eigenvalue weighted by Gasteiger charge is 2.41. The minimum absolute atomic E-state index is 0.190. The van der Waals surface area contributed by atoms with Crippen molar-refractivity contribution >= 4 is 11.7 Å². The number of rotatable bonds is 6. The highest BCUT2D eigenvalue weighted by atomic mass is 16.6. The lowest BCUT2D eigenvalue weighted by atomic mass is 9.71. The van der Waals surface area contributed by atoms with Crippen molar-refractivity contribution in [3.8, 4) is 28.1 Å². The third-order valence-electron chi connectivity index (χ3n) is 7.94. The number of hydrogen-bond acceptors (Lipinski definition) is 5. The number of alkyl carbamates (subject to hydrolysis) is 1. The van der Waals surface area contributed by atoms with Crippen molar-refractivity contribution in [2.24, 2.45) is 0 Å². The average molecular weight is 549 g/mol. The Bertz CT molecular complexity index is 1640. The number of allylic oxidation sites excluding steroid dienone is 4. The van der Waals surface area contributed by atoms with Crippen molar-refractivity contribution in [1.29, 1.82) is 0 Å². The van der Waals surface area contributed by atoms with Gasteiger partial charge in [0.15, 0.2) is 0 Å². The Morgan fingerprint density at radius 3 is 2.54 bits per heavy atom. The molecule has 4 aromatic rings. The van der Waals surface area contributed by atoms with Gasteiger partial charge in [-0.1, -0.05) is 48.6 Å². The molecule has 1 N–H and O–H groups in total. The molecule has 3 heterocycles. The van der Waals surface area contributed by atoms with E-state index in [4.69, 9.17) is 14.5 Å². The molecule has 210 valence electrons. The van der Waals surface area contributed by atoms with Gasteiger partial charge < -0.3 is 19.2 Å². The van der Waals surface area contributed by atoms with Gasteiger partial charge in [0, 0.05) is 35.0 Å². The predicted molar refractivity (Wildman–Crippen MR) is 161 cm³/mol. The SMILES string of the molecule is COc1cncc(-c2cccn3c(C4C=CC=CC4)c(-c4ccc(C5(NC(=O)OC(C)(C)C)CCC5)cc4)nc23)c1. The second kappa shape index (κ2) is 10.5. The summed E-state index contributed by atoms with van der Waals surface area (Å²) in [5, 5.41) is 3.17. The lowest BCUT2D eigenvalue weighted by molar-refractivity contribution is 0.0377. The fourth-order valence-electron chi connectivity index (χ4n) is 5.80. The molecule has 1 amide bonds. The molecule has 1 saturated carbocycles. The van der Waals surface area contributed by atoms with Gasteiger partial charge in [0.2, 0.25) is 0 Å². The maximum atomic E-state index is 12.7. The number of amides is 1. The monoisotopic (exact) mass is 548 g/mol. The summed E-state index contributed by atoms with van der Waals surface area (Å²) in [4.78, 5) is 22.3. The Hall–Kier alpha value is -4.39.